The molecule has 0 spiro atoms. The maximum absolute atomic E-state index is 13.0. The van der Waals surface area contributed by atoms with Crippen LogP contribution >= 0.6 is 11.8 Å². The number of benzene rings is 1. The summed E-state index contributed by atoms with van der Waals surface area (Å²) >= 11 is 1.49. The molecule has 2 atom stereocenters. The highest BCUT2D eigenvalue weighted by Gasteiger charge is 2.35. The van der Waals surface area contributed by atoms with Crippen molar-refractivity contribution in [3.8, 4) is 11.4 Å². The lowest BCUT2D eigenvalue weighted by Gasteiger charge is -2.44. The van der Waals surface area contributed by atoms with Crippen LogP contribution in [-0.4, -0.2) is 43.9 Å². The van der Waals surface area contributed by atoms with Gasteiger partial charge < -0.3 is 4.90 Å². The van der Waals surface area contributed by atoms with Crippen LogP contribution in [0.5, 0.6) is 0 Å². The maximum Gasteiger partial charge on any atom is 0.233 e. The van der Waals surface area contributed by atoms with Crippen LogP contribution in [0.3, 0.4) is 0 Å². The van der Waals surface area contributed by atoms with Crippen LogP contribution in [0.25, 0.3) is 11.4 Å². The molecule has 0 radical (unpaired) electrons. The van der Waals surface area contributed by atoms with Crippen molar-refractivity contribution in [2.24, 2.45) is 5.92 Å². The van der Waals surface area contributed by atoms with Crippen molar-refractivity contribution in [3.63, 3.8) is 0 Å². The Morgan fingerprint density at radius 3 is 2.75 bits per heavy atom. The van der Waals surface area contributed by atoms with Crippen LogP contribution in [0.1, 0.15) is 38.5 Å². The smallest absolute Gasteiger partial charge is 0.233 e. The summed E-state index contributed by atoms with van der Waals surface area (Å²) in [4.78, 5) is 15.2. The van der Waals surface area contributed by atoms with Crippen molar-refractivity contribution >= 4 is 17.7 Å². The van der Waals surface area contributed by atoms with Crippen LogP contribution in [0.2, 0.25) is 0 Å². The number of rotatable bonds is 6. The number of hydrogen-bond acceptors (Lipinski definition) is 4. The van der Waals surface area contributed by atoms with Crippen LogP contribution in [-0.2, 0) is 11.3 Å². The van der Waals surface area contributed by atoms with Gasteiger partial charge in [-0.05, 0) is 31.6 Å². The number of carbonyl (C=O) groups excluding carboxylic acids is 1. The molecule has 1 amide bonds. The highest BCUT2D eigenvalue weighted by Crippen LogP contribution is 2.35. The van der Waals surface area contributed by atoms with Crippen LogP contribution in [0.4, 0.5) is 0 Å². The number of aromatic nitrogens is 3. The molecule has 4 rings (SSSR count). The van der Waals surface area contributed by atoms with Gasteiger partial charge in [-0.2, -0.15) is 0 Å². The average molecular weight is 397 g/mol. The molecule has 1 saturated carbocycles. The molecule has 0 unspecified atom stereocenters. The molecule has 2 aromatic rings. The van der Waals surface area contributed by atoms with E-state index >= 15 is 0 Å². The van der Waals surface area contributed by atoms with Crippen molar-refractivity contribution in [1.29, 1.82) is 0 Å². The molecule has 148 valence electrons. The van der Waals surface area contributed by atoms with E-state index in [1.54, 1.807) is 0 Å². The molecule has 28 heavy (non-hydrogen) atoms. The van der Waals surface area contributed by atoms with Crippen molar-refractivity contribution in [1.82, 2.24) is 19.7 Å². The van der Waals surface area contributed by atoms with E-state index in [0.29, 0.717) is 24.3 Å². The third-order valence-electron chi connectivity index (χ3n) is 5.95. The minimum absolute atomic E-state index is 0.246. The van der Waals surface area contributed by atoms with Gasteiger partial charge in [0.15, 0.2) is 11.0 Å². The number of carbonyl (C=O) groups is 1. The molecular formula is C22H28N4OS. The molecular weight excluding hydrogens is 368 g/mol. The number of likely N-dealkylation sites (tertiary alicyclic amines) is 1. The zero-order valence-electron chi connectivity index (χ0n) is 16.3. The van der Waals surface area contributed by atoms with Crippen LogP contribution in [0, 0.1) is 5.92 Å². The van der Waals surface area contributed by atoms with Crippen molar-refractivity contribution in [2.45, 2.75) is 56.3 Å². The predicted molar refractivity (Wildman–Crippen MR) is 113 cm³/mol. The summed E-state index contributed by atoms with van der Waals surface area (Å²) in [6.07, 6.45) is 9.32. The van der Waals surface area contributed by atoms with Gasteiger partial charge >= 0.3 is 0 Å². The molecule has 0 N–H and O–H groups in total. The van der Waals surface area contributed by atoms with Crippen LogP contribution in [0.15, 0.2) is 48.1 Å². The lowest BCUT2D eigenvalue weighted by Crippen LogP contribution is -2.50. The monoisotopic (exact) mass is 396 g/mol. The van der Waals surface area contributed by atoms with Crippen molar-refractivity contribution in [3.05, 3.63) is 43.0 Å². The Morgan fingerprint density at radius 2 is 1.93 bits per heavy atom. The quantitative estimate of drug-likeness (QED) is 0.536. The average Bonchev–Trinajstić information content (AvgIpc) is 3.15. The number of allylic oxidation sites excluding steroid dienone is 1. The summed E-state index contributed by atoms with van der Waals surface area (Å²) in [5, 5.41) is 9.53. The van der Waals surface area contributed by atoms with E-state index in [9.17, 15) is 4.79 Å². The Labute approximate surface area is 171 Å². The van der Waals surface area contributed by atoms with Crippen LogP contribution < -0.4 is 0 Å². The van der Waals surface area contributed by atoms with Gasteiger partial charge in [0.25, 0.3) is 0 Å². The lowest BCUT2D eigenvalue weighted by molar-refractivity contribution is -0.134. The summed E-state index contributed by atoms with van der Waals surface area (Å²) in [7, 11) is 0. The minimum atomic E-state index is 0.246. The summed E-state index contributed by atoms with van der Waals surface area (Å²) < 4.78 is 2.04. The summed E-state index contributed by atoms with van der Waals surface area (Å²) in [6, 6.07) is 10.5. The molecule has 1 saturated heterocycles. The molecule has 2 fully saturated rings. The van der Waals surface area contributed by atoms with E-state index in [4.69, 9.17) is 0 Å². The topological polar surface area (TPSA) is 51.0 Å². The second kappa shape index (κ2) is 8.95. The number of amides is 1. The Morgan fingerprint density at radius 1 is 1.14 bits per heavy atom. The Kier molecular flexibility index (Phi) is 6.15. The zero-order chi connectivity index (χ0) is 19.3. The van der Waals surface area contributed by atoms with Crippen molar-refractivity contribution in [2.75, 3.05) is 12.3 Å². The molecule has 5 nitrogen and oxygen atoms in total. The predicted octanol–water partition coefficient (Wildman–Crippen LogP) is 4.40. The second-order valence-electron chi connectivity index (χ2n) is 7.70. The third-order valence-corrected chi connectivity index (χ3v) is 6.90. The molecule has 6 heteroatoms. The van der Waals surface area contributed by atoms with E-state index in [-0.39, 0.29) is 5.91 Å². The van der Waals surface area contributed by atoms with Gasteiger partial charge in [-0.3, -0.25) is 9.36 Å². The largest absolute Gasteiger partial charge is 0.339 e. The first kappa shape index (κ1) is 19.2. The summed E-state index contributed by atoms with van der Waals surface area (Å²) in [5.74, 6) is 2.20. The fraction of sp³-hybridized carbons (Fsp3) is 0.500. The number of thioether (sulfide) groups is 1. The standard InChI is InChI=1S/C22H28N4OS/c1-2-14-26-21(18-10-4-3-5-11-18)23-24-22(26)28-16-20(27)25-15-8-12-17-9-6-7-13-19(17)25/h2-5,10-11,17,19H,1,6-9,12-16H2/t17-,19-/m0/s1. The highest BCUT2D eigenvalue weighted by molar-refractivity contribution is 7.99. The molecule has 1 aliphatic heterocycles. The van der Waals surface area contributed by atoms with Gasteiger partial charge in [0.2, 0.25) is 5.91 Å². The normalized spacial score (nSPS) is 21.9. The van der Waals surface area contributed by atoms with Gasteiger partial charge in [0.05, 0.1) is 5.75 Å². The maximum atomic E-state index is 13.0. The molecule has 2 aliphatic rings. The van der Waals surface area contributed by atoms with E-state index in [1.165, 1.54) is 43.9 Å². The first-order chi connectivity index (χ1) is 13.8. The SMILES string of the molecule is C=CCn1c(SCC(=O)N2CCC[C@@H]3CCCC[C@@H]32)nnc1-c1ccccc1. The van der Waals surface area contributed by atoms with Crippen molar-refractivity contribution < 1.29 is 4.79 Å². The molecule has 0 bridgehead atoms. The summed E-state index contributed by atoms with van der Waals surface area (Å²) in [6.45, 7) is 5.40. The zero-order valence-corrected chi connectivity index (χ0v) is 17.1. The highest BCUT2D eigenvalue weighted by atomic mass is 32.2. The van der Waals surface area contributed by atoms with E-state index < -0.39 is 0 Å². The Balaban J connectivity index is 1.46. The van der Waals surface area contributed by atoms with E-state index in [2.05, 4.69) is 21.7 Å². The van der Waals surface area contributed by atoms with Gasteiger partial charge in [-0.25, -0.2) is 0 Å². The van der Waals surface area contributed by atoms with E-state index in [1.807, 2.05) is 41.0 Å². The Hall–Kier alpha value is -2.08. The summed E-state index contributed by atoms with van der Waals surface area (Å²) in [5.41, 5.74) is 1.02. The molecule has 2 heterocycles. The van der Waals surface area contributed by atoms with Gasteiger partial charge in [-0.15, -0.1) is 16.8 Å². The molecule has 1 aromatic heterocycles. The number of fused-ring (bicyclic) bond motifs is 1. The van der Waals surface area contributed by atoms with Gasteiger partial charge in [-0.1, -0.05) is 61.0 Å². The van der Waals surface area contributed by atoms with E-state index in [0.717, 1.165) is 29.5 Å². The fourth-order valence-electron chi connectivity index (χ4n) is 4.63. The third kappa shape index (κ3) is 4.02. The first-order valence-corrected chi connectivity index (χ1v) is 11.3. The fourth-order valence-corrected chi connectivity index (χ4v) is 5.47. The van der Waals surface area contributed by atoms with Gasteiger partial charge in [0, 0.05) is 24.7 Å². The minimum Gasteiger partial charge on any atom is -0.339 e. The lowest BCUT2D eigenvalue weighted by atomic mass is 9.78. The number of piperidine rings is 1. The first-order valence-electron chi connectivity index (χ1n) is 10.3. The molecule has 1 aliphatic carbocycles. The second-order valence-corrected chi connectivity index (χ2v) is 8.64. The number of nitrogens with zero attached hydrogens (tertiary/aromatic N) is 4. The molecule has 1 aromatic carbocycles. The number of hydrogen-bond donors (Lipinski definition) is 0. The van der Waals surface area contributed by atoms with Gasteiger partial charge in [0.1, 0.15) is 0 Å². The Bertz CT molecular complexity index is 817.